The molecule has 0 atom stereocenters. The third kappa shape index (κ3) is 4.47. The van der Waals surface area contributed by atoms with Crippen molar-refractivity contribution >= 4 is 23.2 Å². The molecule has 0 fully saturated rings. The molecule has 3 aromatic rings. The minimum absolute atomic E-state index is 0.256. The summed E-state index contributed by atoms with van der Waals surface area (Å²) in [5.41, 5.74) is 3.58. The van der Waals surface area contributed by atoms with Crippen LogP contribution >= 0.6 is 0 Å². The van der Waals surface area contributed by atoms with Crippen molar-refractivity contribution in [1.82, 2.24) is 9.97 Å². The Morgan fingerprint density at radius 1 is 1.04 bits per heavy atom. The molecule has 0 aliphatic heterocycles. The number of anilines is 3. The highest BCUT2D eigenvalue weighted by atomic mass is 16.1. The van der Waals surface area contributed by atoms with Gasteiger partial charge in [0.2, 0.25) is 5.95 Å². The summed E-state index contributed by atoms with van der Waals surface area (Å²) in [6.07, 6.45) is 2.96. The van der Waals surface area contributed by atoms with E-state index in [0.29, 0.717) is 23.0 Å². The zero-order chi connectivity index (χ0) is 19.2. The van der Waals surface area contributed by atoms with Crippen molar-refractivity contribution in [3.05, 3.63) is 77.6 Å². The number of hydrogen-bond donors (Lipinski definition) is 2. The number of nitrogens with zero attached hydrogens (tertiary/aromatic N) is 3. The van der Waals surface area contributed by atoms with E-state index in [1.54, 1.807) is 24.3 Å². The molecule has 6 nitrogen and oxygen atoms in total. The fourth-order valence-electron chi connectivity index (χ4n) is 2.58. The van der Waals surface area contributed by atoms with E-state index >= 15 is 0 Å². The van der Waals surface area contributed by atoms with Gasteiger partial charge in [0.15, 0.2) is 0 Å². The van der Waals surface area contributed by atoms with Crippen LogP contribution in [0.3, 0.4) is 0 Å². The summed E-state index contributed by atoms with van der Waals surface area (Å²) in [4.78, 5) is 20.9. The second-order valence-electron chi connectivity index (χ2n) is 6.31. The van der Waals surface area contributed by atoms with Gasteiger partial charge in [-0.1, -0.05) is 32.0 Å². The molecular weight excluding hydrogens is 338 g/mol. The van der Waals surface area contributed by atoms with Gasteiger partial charge in [0, 0.05) is 23.8 Å². The van der Waals surface area contributed by atoms with Crippen LogP contribution in [0.15, 0.2) is 60.9 Å². The zero-order valence-electron chi connectivity index (χ0n) is 15.1. The highest BCUT2D eigenvalue weighted by molar-refractivity contribution is 6.04. The van der Waals surface area contributed by atoms with Crippen LogP contribution in [0.25, 0.3) is 0 Å². The third-order valence-corrected chi connectivity index (χ3v) is 4.02. The lowest BCUT2D eigenvalue weighted by molar-refractivity contribution is 0.102. The number of aromatic nitrogens is 2. The number of benzene rings is 2. The molecule has 0 spiro atoms. The zero-order valence-corrected chi connectivity index (χ0v) is 15.1. The largest absolute Gasteiger partial charge is 0.324 e. The number of amides is 1. The van der Waals surface area contributed by atoms with Crippen LogP contribution in [0.5, 0.6) is 0 Å². The molecular formula is C21H19N5O. The summed E-state index contributed by atoms with van der Waals surface area (Å²) < 4.78 is 0. The molecule has 0 radical (unpaired) electrons. The fraction of sp³-hybridized carbons (Fsp3) is 0.143. The predicted molar refractivity (Wildman–Crippen MR) is 105 cm³/mol. The Labute approximate surface area is 157 Å². The Balaban J connectivity index is 1.69. The Morgan fingerprint density at radius 2 is 1.70 bits per heavy atom. The Hall–Kier alpha value is -3.72. The van der Waals surface area contributed by atoms with E-state index in [0.717, 1.165) is 16.9 Å². The first-order valence-corrected chi connectivity index (χ1v) is 8.56. The molecule has 1 heterocycles. The maximum absolute atomic E-state index is 12.5. The smallest absolute Gasteiger partial charge is 0.258 e. The Bertz CT molecular complexity index is 973. The van der Waals surface area contributed by atoms with Crippen molar-refractivity contribution in [2.75, 3.05) is 10.6 Å². The van der Waals surface area contributed by atoms with Crippen molar-refractivity contribution in [2.45, 2.75) is 19.8 Å². The number of carbonyl (C=O) groups excluding carboxylic acids is 1. The number of hydrogen-bond acceptors (Lipinski definition) is 5. The van der Waals surface area contributed by atoms with Gasteiger partial charge in [0.1, 0.15) is 0 Å². The lowest BCUT2D eigenvalue weighted by atomic mass is 10.0. The molecule has 0 saturated carbocycles. The first-order valence-electron chi connectivity index (χ1n) is 8.56. The van der Waals surface area contributed by atoms with Crippen LogP contribution in [0.2, 0.25) is 0 Å². The molecule has 2 N–H and O–H groups in total. The Morgan fingerprint density at radius 3 is 2.33 bits per heavy atom. The summed E-state index contributed by atoms with van der Waals surface area (Å²) in [6.45, 7) is 4.16. The van der Waals surface area contributed by atoms with Crippen molar-refractivity contribution < 1.29 is 4.79 Å². The third-order valence-electron chi connectivity index (χ3n) is 4.02. The van der Waals surface area contributed by atoms with Crippen LogP contribution in [0.4, 0.5) is 17.3 Å². The van der Waals surface area contributed by atoms with Gasteiger partial charge in [-0.25, -0.2) is 9.97 Å². The van der Waals surface area contributed by atoms with Crippen LogP contribution in [0, 0.1) is 11.3 Å². The normalized spacial score (nSPS) is 10.3. The average molecular weight is 357 g/mol. The Kier molecular flexibility index (Phi) is 5.43. The molecule has 0 unspecified atom stereocenters. The molecule has 0 saturated heterocycles. The second-order valence-corrected chi connectivity index (χ2v) is 6.31. The quantitative estimate of drug-likeness (QED) is 0.703. The molecule has 3 rings (SSSR count). The maximum atomic E-state index is 12.5. The van der Waals surface area contributed by atoms with E-state index in [-0.39, 0.29) is 5.91 Å². The average Bonchev–Trinajstić information content (AvgIpc) is 2.69. The SMILES string of the molecule is CC(C)c1ccccc1NC(=O)c1cnc(Nc2ccc(C#N)cc2)nc1. The standard InChI is InChI=1S/C21H19N5O/c1-14(2)18-5-3-4-6-19(18)26-20(27)16-12-23-21(24-13-16)25-17-9-7-15(11-22)8-10-17/h3-10,12-14H,1-2H3,(H,26,27)(H,23,24,25). The van der Waals surface area contributed by atoms with Crippen LogP contribution in [-0.2, 0) is 0 Å². The molecule has 0 aliphatic carbocycles. The van der Waals surface area contributed by atoms with E-state index in [1.165, 1.54) is 12.4 Å². The summed E-state index contributed by atoms with van der Waals surface area (Å²) in [5.74, 6) is 0.420. The van der Waals surface area contributed by atoms with Crippen LogP contribution in [0.1, 0.15) is 41.3 Å². The molecule has 0 aliphatic rings. The second kappa shape index (κ2) is 8.11. The maximum Gasteiger partial charge on any atom is 0.258 e. The summed E-state index contributed by atoms with van der Waals surface area (Å²) in [5, 5.41) is 14.8. The van der Waals surface area contributed by atoms with Gasteiger partial charge < -0.3 is 10.6 Å². The molecule has 27 heavy (non-hydrogen) atoms. The lowest BCUT2D eigenvalue weighted by Crippen LogP contribution is -2.14. The van der Waals surface area contributed by atoms with Crippen LogP contribution in [-0.4, -0.2) is 15.9 Å². The minimum atomic E-state index is -0.256. The van der Waals surface area contributed by atoms with Crippen molar-refractivity contribution in [3.63, 3.8) is 0 Å². The number of para-hydroxylation sites is 1. The number of carbonyl (C=O) groups is 1. The van der Waals surface area contributed by atoms with Gasteiger partial charge in [-0.3, -0.25) is 4.79 Å². The molecule has 6 heteroatoms. The van der Waals surface area contributed by atoms with Gasteiger partial charge in [0.25, 0.3) is 5.91 Å². The number of nitrogens with one attached hydrogen (secondary N) is 2. The first kappa shape index (κ1) is 18.1. The van der Waals surface area contributed by atoms with E-state index < -0.39 is 0 Å². The minimum Gasteiger partial charge on any atom is -0.324 e. The van der Waals surface area contributed by atoms with E-state index in [2.05, 4.69) is 40.5 Å². The van der Waals surface area contributed by atoms with Gasteiger partial charge in [0.05, 0.1) is 17.2 Å². The van der Waals surface area contributed by atoms with Crippen molar-refractivity contribution in [2.24, 2.45) is 0 Å². The summed E-state index contributed by atoms with van der Waals surface area (Å²) in [7, 11) is 0. The monoisotopic (exact) mass is 357 g/mol. The predicted octanol–water partition coefficient (Wildman–Crippen LogP) is 4.47. The fourth-order valence-corrected chi connectivity index (χ4v) is 2.58. The van der Waals surface area contributed by atoms with E-state index in [1.807, 2.05) is 24.3 Å². The highest BCUT2D eigenvalue weighted by Crippen LogP contribution is 2.24. The van der Waals surface area contributed by atoms with Crippen molar-refractivity contribution in [1.29, 1.82) is 5.26 Å². The molecule has 2 aromatic carbocycles. The lowest BCUT2D eigenvalue weighted by Gasteiger charge is -2.13. The topological polar surface area (TPSA) is 90.7 Å². The van der Waals surface area contributed by atoms with Gasteiger partial charge in [-0.15, -0.1) is 0 Å². The highest BCUT2D eigenvalue weighted by Gasteiger charge is 2.12. The van der Waals surface area contributed by atoms with Gasteiger partial charge >= 0.3 is 0 Å². The van der Waals surface area contributed by atoms with Crippen LogP contribution < -0.4 is 10.6 Å². The van der Waals surface area contributed by atoms with E-state index in [9.17, 15) is 4.79 Å². The van der Waals surface area contributed by atoms with Gasteiger partial charge in [-0.2, -0.15) is 5.26 Å². The summed E-state index contributed by atoms with van der Waals surface area (Å²) in [6, 6.07) is 16.7. The molecule has 0 bridgehead atoms. The van der Waals surface area contributed by atoms with Crippen molar-refractivity contribution in [3.8, 4) is 6.07 Å². The van der Waals surface area contributed by atoms with E-state index in [4.69, 9.17) is 5.26 Å². The molecule has 1 aromatic heterocycles. The van der Waals surface area contributed by atoms with Gasteiger partial charge in [-0.05, 0) is 41.8 Å². The number of nitriles is 1. The molecule has 1 amide bonds. The summed E-state index contributed by atoms with van der Waals surface area (Å²) >= 11 is 0. The first-order chi connectivity index (χ1) is 13.1. The number of rotatable bonds is 5. The molecule has 134 valence electrons.